The molecule has 2 aromatic carbocycles. The number of para-hydroxylation sites is 1. The van der Waals surface area contributed by atoms with Crippen LogP contribution in [0.1, 0.15) is 26.8 Å². The van der Waals surface area contributed by atoms with Crippen molar-refractivity contribution < 1.29 is 36.1 Å². The third-order valence-electron chi connectivity index (χ3n) is 5.57. The number of hydrogen-bond donors (Lipinski definition) is 4. The van der Waals surface area contributed by atoms with Crippen molar-refractivity contribution in [3.05, 3.63) is 90.3 Å². The molecule has 2 atom stereocenters. The average molecular weight is 582 g/mol. The SMILES string of the molecule is O=C(O)C[C@H](O)C[C@H](O)C=Cc1cnn(-c2ccnc(Nc3ccccc3)n2)c1-c1cccc(C(F)(F)F)c1.[Ca+2].[H-].[H-]. The standard InChI is InChI=1S/C27H24F3N5O4.Ca.2H/c28-27(29,30)19-6-4-5-17(13-19)25-18(9-10-21(36)14-22(37)15-24(38)39)16-32-35(25)23-11-12-31-26(34-23)33-20-7-2-1-3-8-20;;;/h1-13,16,21-22,36-37H,14-15H2,(H,38,39)(H,31,33,34);;;/q;+2;2*-1/t21-,22-;;;/m1.../s1. The summed E-state index contributed by atoms with van der Waals surface area (Å²) in [6.45, 7) is 0. The Kier molecular flexibility index (Phi) is 10.8. The summed E-state index contributed by atoms with van der Waals surface area (Å²) >= 11 is 0. The van der Waals surface area contributed by atoms with Crippen molar-refractivity contribution in [2.75, 3.05) is 5.32 Å². The van der Waals surface area contributed by atoms with Crippen molar-refractivity contribution in [2.45, 2.75) is 31.2 Å². The predicted octanol–water partition coefficient (Wildman–Crippen LogP) is 4.54. The second-order valence-corrected chi connectivity index (χ2v) is 8.58. The van der Waals surface area contributed by atoms with Crippen molar-refractivity contribution >= 4 is 61.4 Å². The number of carboxylic acids is 1. The summed E-state index contributed by atoms with van der Waals surface area (Å²) in [7, 11) is 0. The van der Waals surface area contributed by atoms with Crippen LogP contribution in [0, 0.1) is 0 Å². The number of nitrogens with zero attached hydrogens (tertiary/aromatic N) is 4. The summed E-state index contributed by atoms with van der Waals surface area (Å²) in [4.78, 5) is 19.4. The van der Waals surface area contributed by atoms with Gasteiger partial charge in [0.15, 0.2) is 5.82 Å². The Bertz CT molecular complexity index is 1480. The molecule has 0 aliphatic heterocycles. The molecule has 0 aliphatic carbocycles. The molecule has 0 amide bonds. The molecule has 206 valence electrons. The molecular formula is C27H26CaF3N5O4. The van der Waals surface area contributed by atoms with Crippen LogP contribution in [0.5, 0.6) is 0 Å². The van der Waals surface area contributed by atoms with E-state index < -0.39 is 36.3 Å². The molecule has 0 radical (unpaired) electrons. The van der Waals surface area contributed by atoms with E-state index in [1.807, 2.05) is 30.3 Å². The maximum absolute atomic E-state index is 13.5. The molecule has 0 bridgehead atoms. The Morgan fingerprint density at radius 1 is 1.10 bits per heavy atom. The minimum atomic E-state index is -4.57. The van der Waals surface area contributed by atoms with Gasteiger partial charge in [0, 0.05) is 35.5 Å². The normalized spacial score (nSPS) is 13.0. The number of aliphatic carboxylic acids is 1. The van der Waals surface area contributed by atoms with E-state index >= 15 is 0 Å². The summed E-state index contributed by atoms with van der Waals surface area (Å²) in [5.41, 5.74) is 0.695. The number of carboxylic acid groups (broad SMARTS) is 1. The first-order chi connectivity index (χ1) is 18.6. The molecule has 13 heteroatoms. The van der Waals surface area contributed by atoms with Gasteiger partial charge in [-0.05, 0) is 24.3 Å². The van der Waals surface area contributed by atoms with Gasteiger partial charge in [-0.25, -0.2) is 9.67 Å². The van der Waals surface area contributed by atoms with Gasteiger partial charge in [0.25, 0.3) is 0 Å². The first-order valence-electron chi connectivity index (χ1n) is 11.8. The fraction of sp³-hybridized carbons (Fsp3) is 0.185. The van der Waals surface area contributed by atoms with Gasteiger partial charge >= 0.3 is 49.9 Å². The zero-order valence-corrected chi connectivity index (χ0v) is 23.2. The average Bonchev–Trinajstić information content (AvgIpc) is 3.31. The van der Waals surface area contributed by atoms with E-state index in [0.29, 0.717) is 5.56 Å². The van der Waals surface area contributed by atoms with E-state index in [0.717, 1.165) is 17.8 Å². The maximum Gasteiger partial charge on any atom is 2.00 e. The van der Waals surface area contributed by atoms with Crippen LogP contribution in [-0.2, 0) is 11.0 Å². The van der Waals surface area contributed by atoms with Crippen LogP contribution in [0.2, 0.25) is 0 Å². The van der Waals surface area contributed by atoms with Crippen molar-refractivity contribution in [3.63, 3.8) is 0 Å². The summed E-state index contributed by atoms with van der Waals surface area (Å²) in [5.74, 6) is -0.699. The fourth-order valence-electron chi connectivity index (χ4n) is 3.82. The minimum absolute atomic E-state index is 0. The molecule has 0 unspecified atom stereocenters. The topological polar surface area (TPSA) is 133 Å². The number of rotatable bonds is 10. The van der Waals surface area contributed by atoms with Gasteiger partial charge in [-0.2, -0.15) is 23.3 Å². The maximum atomic E-state index is 13.5. The second-order valence-electron chi connectivity index (χ2n) is 8.58. The summed E-state index contributed by atoms with van der Waals surface area (Å²) < 4.78 is 41.8. The number of anilines is 2. The second kappa shape index (κ2) is 13.9. The number of benzene rings is 2. The molecule has 2 aromatic heterocycles. The molecule has 4 N–H and O–H groups in total. The van der Waals surface area contributed by atoms with Gasteiger partial charge in [-0.1, -0.05) is 42.5 Å². The van der Waals surface area contributed by atoms with E-state index in [1.54, 1.807) is 6.07 Å². The Balaban J connectivity index is 0.00000294. The number of aliphatic hydroxyl groups excluding tert-OH is 2. The van der Waals surface area contributed by atoms with E-state index in [9.17, 15) is 28.2 Å². The third kappa shape index (κ3) is 8.35. The summed E-state index contributed by atoms with van der Waals surface area (Å²) in [6, 6.07) is 15.4. The van der Waals surface area contributed by atoms with Crippen LogP contribution < -0.4 is 5.32 Å². The molecule has 40 heavy (non-hydrogen) atoms. The van der Waals surface area contributed by atoms with Crippen LogP contribution in [0.25, 0.3) is 23.2 Å². The van der Waals surface area contributed by atoms with Crippen molar-refractivity contribution in [2.24, 2.45) is 0 Å². The quantitative estimate of drug-likeness (QED) is 0.201. The Morgan fingerprint density at radius 3 is 2.55 bits per heavy atom. The van der Waals surface area contributed by atoms with Crippen molar-refractivity contribution in [3.8, 4) is 17.1 Å². The van der Waals surface area contributed by atoms with E-state index in [2.05, 4.69) is 20.4 Å². The largest absolute Gasteiger partial charge is 2.00 e. The number of hydrogen-bond acceptors (Lipinski definition) is 7. The molecule has 0 saturated heterocycles. The van der Waals surface area contributed by atoms with Gasteiger partial charge in [0.1, 0.15) is 0 Å². The number of aromatic nitrogens is 4. The molecule has 9 nitrogen and oxygen atoms in total. The molecular weight excluding hydrogens is 555 g/mol. The monoisotopic (exact) mass is 581 g/mol. The smallest absolute Gasteiger partial charge is 1.00 e. The first kappa shape index (κ1) is 31.2. The summed E-state index contributed by atoms with van der Waals surface area (Å²) in [5, 5.41) is 36.2. The van der Waals surface area contributed by atoms with E-state index in [4.69, 9.17) is 5.11 Å². The number of carbonyl (C=O) groups is 1. The fourth-order valence-corrected chi connectivity index (χ4v) is 3.82. The molecule has 0 saturated carbocycles. The first-order valence-corrected chi connectivity index (χ1v) is 11.8. The number of halogens is 3. The third-order valence-corrected chi connectivity index (χ3v) is 5.57. The minimum Gasteiger partial charge on any atom is -1.00 e. The van der Waals surface area contributed by atoms with Crippen LogP contribution in [0.15, 0.2) is 79.1 Å². The van der Waals surface area contributed by atoms with Gasteiger partial charge < -0.3 is 23.5 Å². The van der Waals surface area contributed by atoms with Crippen LogP contribution in [0.3, 0.4) is 0 Å². The number of aliphatic hydroxyl groups is 2. The van der Waals surface area contributed by atoms with Gasteiger partial charge in [-0.3, -0.25) is 4.79 Å². The Labute approximate surface area is 260 Å². The summed E-state index contributed by atoms with van der Waals surface area (Å²) in [6.07, 6.45) is -2.20. The zero-order valence-electron chi connectivity index (χ0n) is 23.0. The van der Waals surface area contributed by atoms with Gasteiger partial charge in [0.05, 0.1) is 36.1 Å². The van der Waals surface area contributed by atoms with Gasteiger partial charge in [0.2, 0.25) is 5.95 Å². The van der Waals surface area contributed by atoms with Gasteiger partial charge in [-0.15, -0.1) is 0 Å². The van der Waals surface area contributed by atoms with E-state index in [1.165, 1.54) is 41.4 Å². The van der Waals surface area contributed by atoms with Crippen molar-refractivity contribution in [1.29, 1.82) is 0 Å². The van der Waals surface area contributed by atoms with Crippen molar-refractivity contribution in [1.82, 2.24) is 19.7 Å². The molecule has 4 aromatic rings. The van der Waals surface area contributed by atoms with E-state index in [-0.39, 0.29) is 70.0 Å². The predicted molar refractivity (Wildman–Crippen MR) is 145 cm³/mol. The Hall–Kier alpha value is -3.29. The molecule has 2 heterocycles. The van der Waals surface area contributed by atoms with Crippen LogP contribution in [-0.4, -0.2) is 91.0 Å². The Morgan fingerprint density at radius 2 is 1.85 bits per heavy atom. The van der Waals surface area contributed by atoms with Crippen LogP contribution in [0.4, 0.5) is 24.8 Å². The molecule has 0 aliphatic rings. The molecule has 0 fully saturated rings. The van der Waals surface area contributed by atoms with Crippen LogP contribution >= 0.6 is 0 Å². The zero-order chi connectivity index (χ0) is 28.0. The number of alkyl halides is 3. The molecule has 0 spiro atoms. The number of nitrogens with one attached hydrogen (secondary N) is 1. The molecule has 4 rings (SSSR count).